The predicted molar refractivity (Wildman–Crippen MR) is 87.2 cm³/mol. The van der Waals surface area contributed by atoms with E-state index in [4.69, 9.17) is 0 Å². The lowest BCUT2D eigenvalue weighted by atomic mass is 9.84. The molecule has 126 valence electrons. The number of piperazine rings is 1. The lowest BCUT2D eigenvalue weighted by molar-refractivity contribution is -0.161. The van der Waals surface area contributed by atoms with Crippen molar-refractivity contribution in [3.05, 3.63) is 16.6 Å². The molecule has 1 N–H and O–H groups in total. The van der Waals surface area contributed by atoms with Crippen molar-refractivity contribution in [3.8, 4) is 0 Å². The Bertz CT molecular complexity index is 561. The molecule has 7 heteroatoms. The second kappa shape index (κ2) is 6.57. The summed E-state index contributed by atoms with van der Waals surface area (Å²) in [5.41, 5.74) is -1.16. The van der Waals surface area contributed by atoms with Gasteiger partial charge < -0.3 is 10.0 Å². The molecule has 23 heavy (non-hydrogen) atoms. The zero-order valence-corrected chi connectivity index (χ0v) is 14.2. The predicted octanol–water partition coefficient (Wildman–Crippen LogP) is 1.99. The minimum absolute atomic E-state index is 0.177. The summed E-state index contributed by atoms with van der Waals surface area (Å²) in [5.74, 6) is -1.12. The Morgan fingerprint density at radius 3 is 2.43 bits per heavy atom. The van der Waals surface area contributed by atoms with Crippen molar-refractivity contribution >= 4 is 23.2 Å². The number of carboxylic acids is 1. The second-order valence-corrected chi connectivity index (χ2v) is 7.39. The van der Waals surface area contributed by atoms with Crippen LogP contribution in [0.15, 0.2) is 11.6 Å². The molecule has 1 saturated heterocycles. The highest BCUT2D eigenvalue weighted by Gasteiger charge is 2.50. The standard InChI is InChI=1S/C16H23N3O3S/c1-12(13-17-6-11-23-13)18-7-9-19(10-8-18)14(20)16(15(21)22)4-2-3-5-16/h6,11-12H,2-5,7-10H2,1H3,(H,21,22). The van der Waals surface area contributed by atoms with Gasteiger partial charge in [0.05, 0.1) is 6.04 Å². The maximum atomic E-state index is 12.8. The summed E-state index contributed by atoms with van der Waals surface area (Å²) in [6.45, 7) is 4.86. The normalized spacial score (nSPS) is 22.9. The van der Waals surface area contributed by atoms with Crippen LogP contribution in [0.1, 0.15) is 43.7 Å². The van der Waals surface area contributed by atoms with Gasteiger partial charge in [-0.15, -0.1) is 11.3 Å². The molecule has 0 aromatic carbocycles. The van der Waals surface area contributed by atoms with Crippen molar-refractivity contribution in [2.24, 2.45) is 5.41 Å². The quantitative estimate of drug-likeness (QED) is 0.851. The Kier molecular flexibility index (Phi) is 4.68. The third kappa shape index (κ3) is 2.99. The summed E-state index contributed by atoms with van der Waals surface area (Å²) in [7, 11) is 0. The first-order valence-corrected chi connectivity index (χ1v) is 9.09. The van der Waals surface area contributed by atoms with Crippen molar-refractivity contribution in [1.82, 2.24) is 14.8 Å². The molecule has 0 radical (unpaired) electrons. The number of thiazole rings is 1. The number of carbonyl (C=O) groups is 2. The number of aromatic nitrogens is 1. The molecular formula is C16H23N3O3S. The fraction of sp³-hybridized carbons (Fsp3) is 0.688. The van der Waals surface area contributed by atoms with Crippen LogP contribution in [0.25, 0.3) is 0 Å². The summed E-state index contributed by atoms with van der Waals surface area (Å²) in [4.78, 5) is 32.9. The van der Waals surface area contributed by atoms with E-state index in [1.165, 1.54) is 0 Å². The zero-order chi connectivity index (χ0) is 16.4. The van der Waals surface area contributed by atoms with Gasteiger partial charge in [0.1, 0.15) is 10.4 Å². The Labute approximate surface area is 140 Å². The van der Waals surface area contributed by atoms with Gasteiger partial charge >= 0.3 is 5.97 Å². The largest absolute Gasteiger partial charge is 0.480 e. The molecule has 1 amide bonds. The van der Waals surface area contributed by atoms with Crippen LogP contribution in [0.5, 0.6) is 0 Å². The first kappa shape index (κ1) is 16.4. The van der Waals surface area contributed by atoms with Crippen LogP contribution in [-0.2, 0) is 9.59 Å². The van der Waals surface area contributed by atoms with E-state index in [1.54, 1.807) is 16.2 Å². The molecule has 2 heterocycles. The molecule has 0 bridgehead atoms. The number of hydrogen-bond donors (Lipinski definition) is 1. The van der Waals surface area contributed by atoms with Crippen LogP contribution in [0.3, 0.4) is 0 Å². The summed E-state index contributed by atoms with van der Waals surface area (Å²) in [6.07, 6.45) is 4.44. The van der Waals surface area contributed by atoms with Crippen LogP contribution in [0.4, 0.5) is 0 Å². The maximum Gasteiger partial charge on any atom is 0.319 e. The van der Waals surface area contributed by atoms with Crippen molar-refractivity contribution < 1.29 is 14.7 Å². The molecule has 1 atom stereocenters. The Morgan fingerprint density at radius 2 is 1.91 bits per heavy atom. The lowest BCUT2D eigenvalue weighted by Crippen LogP contribution is -2.54. The summed E-state index contributed by atoms with van der Waals surface area (Å²) >= 11 is 1.64. The van der Waals surface area contributed by atoms with Gasteiger partial charge in [-0.2, -0.15) is 0 Å². The van der Waals surface area contributed by atoms with Crippen LogP contribution >= 0.6 is 11.3 Å². The van der Waals surface area contributed by atoms with E-state index in [9.17, 15) is 14.7 Å². The highest BCUT2D eigenvalue weighted by atomic mass is 32.1. The molecule has 1 unspecified atom stereocenters. The molecule has 0 spiro atoms. The Balaban J connectivity index is 1.62. The molecule has 2 fully saturated rings. The van der Waals surface area contributed by atoms with E-state index < -0.39 is 11.4 Å². The average Bonchev–Trinajstić information content (AvgIpc) is 3.25. The lowest BCUT2D eigenvalue weighted by Gasteiger charge is -2.40. The molecule has 1 aromatic heterocycles. The Morgan fingerprint density at radius 1 is 1.26 bits per heavy atom. The number of aliphatic carboxylic acids is 1. The topological polar surface area (TPSA) is 73.7 Å². The minimum atomic E-state index is -1.16. The van der Waals surface area contributed by atoms with Crippen LogP contribution < -0.4 is 0 Å². The number of hydrogen-bond acceptors (Lipinski definition) is 5. The van der Waals surface area contributed by atoms with Gasteiger partial charge in [-0.25, -0.2) is 4.98 Å². The highest BCUT2D eigenvalue weighted by molar-refractivity contribution is 7.09. The third-order valence-electron chi connectivity index (χ3n) is 5.23. The van der Waals surface area contributed by atoms with E-state index in [1.807, 2.05) is 11.6 Å². The van der Waals surface area contributed by atoms with Gasteiger partial charge in [-0.3, -0.25) is 14.5 Å². The van der Waals surface area contributed by atoms with E-state index >= 15 is 0 Å². The zero-order valence-electron chi connectivity index (χ0n) is 13.4. The van der Waals surface area contributed by atoms with Gasteiger partial charge in [0.25, 0.3) is 0 Å². The van der Waals surface area contributed by atoms with Crippen molar-refractivity contribution in [2.75, 3.05) is 26.2 Å². The number of amides is 1. The number of nitrogens with zero attached hydrogens (tertiary/aromatic N) is 3. The average molecular weight is 337 g/mol. The van der Waals surface area contributed by atoms with E-state index in [0.717, 1.165) is 30.9 Å². The number of rotatable bonds is 4. The second-order valence-electron chi connectivity index (χ2n) is 6.47. The summed E-state index contributed by atoms with van der Waals surface area (Å²) < 4.78 is 0. The van der Waals surface area contributed by atoms with Gasteiger partial charge in [0, 0.05) is 37.8 Å². The first-order chi connectivity index (χ1) is 11.0. The van der Waals surface area contributed by atoms with Crippen molar-refractivity contribution in [1.29, 1.82) is 0 Å². The number of carbonyl (C=O) groups excluding carboxylic acids is 1. The Hall–Kier alpha value is -1.47. The van der Waals surface area contributed by atoms with E-state index in [2.05, 4.69) is 16.8 Å². The van der Waals surface area contributed by atoms with Gasteiger partial charge in [0.2, 0.25) is 5.91 Å². The molecule has 1 aromatic rings. The fourth-order valence-electron chi connectivity index (χ4n) is 3.71. The molecule has 2 aliphatic rings. The monoisotopic (exact) mass is 337 g/mol. The van der Waals surface area contributed by atoms with Gasteiger partial charge in [-0.05, 0) is 19.8 Å². The molecule has 3 rings (SSSR count). The van der Waals surface area contributed by atoms with Crippen molar-refractivity contribution in [2.45, 2.75) is 38.6 Å². The highest BCUT2D eigenvalue weighted by Crippen LogP contribution is 2.40. The minimum Gasteiger partial charge on any atom is -0.480 e. The molecule has 1 saturated carbocycles. The van der Waals surface area contributed by atoms with Crippen molar-refractivity contribution in [3.63, 3.8) is 0 Å². The fourth-order valence-corrected chi connectivity index (χ4v) is 4.44. The maximum absolute atomic E-state index is 12.8. The first-order valence-electron chi connectivity index (χ1n) is 8.21. The third-order valence-corrected chi connectivity index (χ3v) is 6.18. The SMILES string of the molecule is CC(c1nccs1)N1CCN(C(=O)C2(C(=O)O)CCCC2)CC1. The molecule has 1 aliphatic heterocycles. The smallest absolute Gasteiger partial charge is 0.319 e. The molecular weight excluding hydrogens is 314 g/mol. The molecule has 6 nitrogen and oxygen atoms in total. The van der Waals surface area contributed by atoms with Crippen LogP contribution in [-0.4, -0.2) is 57.9 Å². The van der Waals surface area contributed by atoms with E-state index in [0.29, 0.717) is 25.9 Å². The van der Waals surface area contributed by atoms with Crippen LogP contribution in [0, 0.1) is 5.41 Å². The van der Waals surface area contributed by atoms with Crippen LogP contribution in [0.2, 0.25) is 0 Å². The number of carboxylic acid groups (broad SMARTS) is 1. The molecule has 1 aliphatic carbocycles. The van der Waals surface area contributed by atoms with E-state index in [-0.39, 0.29) is 11.9 Å². The summed E-state index contributed by atoms with van der Waals surface area (Å²) in [6, 6.07) is 0.243. The van der Waals surface area contributed by atoms with Gasteiger partial charge in [0.15, 0.2) is 0 Å². The van der Waals surface area contributed by atoms with Gasteiger partial charge in [-0.1, -0.05) is 12.8 Å². The summed E-state index contributed by atoms with van der Waals surface area (Å²) in [5, 5.41) is 12.6.